The molecule has 1 rings (SSSR count). The lowest BCUT2D eigenvalue weighted by molar-refractivity contribution is -0.139. The van der Waals surface area contributed by atoms with Crippen LogP contribution in [0.15, 0.2) is 11.1 Å². The van der Waals surface area contributed by atoms with E-state index in [1.165, 1.54) is 6.92 Å². The summed E-state index contributed by atoms with van der Waals surface area (Å²) in [6.45, 7) is 0.917. The predicted octanol–water partition coefficient (Wildman–Crippen LogP) is 2.00. The molecule has 3 unspecified atom stereocenters. The number of carboxylic acid groups (broad SMARTS) is 1. The van der Waals surface area contributed by atoms with Crippen molar-refractivity contribution in [3.05, 3.63) is 11.1 Å². The van der Waals surface area contributed by atoms with Crippen molar-refractivity contribution in [1.29, 1.82) is 0 Å². The second-order valence-corrected chi connectivity index (χ2v) is 4.43. The zero-order valence-electron chi connectivity index (χ0n) is 8.25. The minimum atomic E-state index is -4.68. The fourth-order valence-corrected chi connectivity index (χ4v) is 1.91. The molecule has 0 spiro atoms. The van der Waals surface area contributed by atoms with Crippen LogP contribution >= 0.6 is 11.6 Å². The Hall–Kier alpha value is -0.750. The highest BCUT2D eigenvalue weighted by atomic mass is 35.5. The van der Waals surface area contributed by atoms with E-state index >= 15 is 0 Å². The molecule has 1 aliphatic rings. The largest absolute Gasteiger partial charge is 0.481 e. The third-order valence-electron chi connectivity index (χ3n) is 2.93. The van der Waals surface area contributed by atoms with Crippen molar-refractivity contribution in [2.75, 3.05) is 6.61 Å². The standard InChI is InChI=1S/C9H10ClF3O3/c1-8(3-14)4(6(8)7(15)16)2-5(10)9(11,12)13/h2,4,6,14H,3H2,1H3,(H,15,16)/b5-2-. The van der Waals surface area contributed by atoms with E-state index in [-0.39, 0.29) is 0 Å². The van der Waals surface area contributed by atoms with Crippen LogP contribution in [0, 0.1) is 17.3 Å². The van der Waals surface area contributed by atoms with Crippen molar-refractivity contribution < 1.29 is 28.2 Å². The van der Waals surface area contributed by atoms with Crippen molar-refractivity contribution in [3.63, 3.8) is 0 Å². The van der Waals surface area contributed by atoms with Gasteiger partial charge >= 0.3 is 12.1 Å². The van der Waals surface area contributed by atoms with Crippen LogP contribution in [0.3, 0.4) is 0 Å². The fourth-order valence-electron chi connectivity index (χ4n) is 1.78. The lowest BCUT2D eigenvalue weighted by Crippen LogP contribution is -2.10. The molecule has 3 nitrogen and oxygen atoms in total. The number of carboxylic acids is 1. The molecule has 0 heterocycles. The predicted molar refractivity (Wildman–Crippen MR) is 49.8 cm³/mol. The molecule has 7 heteroatoms. The summed E-state index contributed by atoms with van der Waals surface area (Å²) in [6, 6.07) is 0. The van der Waals surface area contributed by atoms with Crippen molar-refractivity contribution >= 4 is 17.6 Å². The van der Waals surface area contributed by atoms with Gasteiger partial charge in [0.25, 0.3) is 0 Å². The maximum Gasteiger partial charge on any atom is 0.426 e. The Kier molecular flexibility index (Phi) is 3.27. The third-order valence-corrected chi connectivity index (χ3v) is 3.27. The number of aliphatic hydroxyl groups is 1. The van der Waals surface area contributed by atoms with Gasteiger partial charge in [0.05, 0.1) is 5.92 Å². The third kappa shape index (κ3) is 2.17. The van der Waals surface area contributed by atoms with Crippen molar-refractivity contribution in [1.82, 2.24) is 0 Å². The van der Waals surface area contributed by atoms with Crippen LogP contribution in [0.5, 0.6) is 0 Å². The van der Waals surface area contributed by atoms with Gasteiger partial charge in [0.1, 0.15) is 5.03 Å². The average Bonchev–Trinajstić information content (AvgIpc) is 2.71. The first kappa shape index (κ1) is 13.3. The van der Waals surface area contributed by atoms with E-state index in [1.54, 1.807) is 0 Å². The van der Waals surface area contributed by atoms with Gasteiger partial charge in [-0.2, -0.15) is 13.2 Å². The molecule has 0 saturated heterocycles. The fraction of sp³-hybridized carbons (Fsp3) is 0.667. The molecule has 1 aliphatic carbocycles. The zero-order valence-corrected chi connectivity index (χ0v) is 9.01. The van der Waals surface area contributed by atoms with Crippen LogP contribution in [0.4, 0.5) is 13.2 Å². The van der Waals surface area contributed by atoms with Crippen LogP contribution in [-0.2, 0) is 4.79 Å². The van der Waals surface area contributed by atoms with Crippen LogP contribution in [0.25, 0.3) is 0 Å². The topological polar surface area (TPSA) is 57.5 Å². The summed E-state index contributed by atoms with van der Waals surface area (Å²) in [5, 5.41) is 16.3. The van der Waals surface area contributed by atoms with Crippen molar-refractivity contribution in [2.45, 2.75) is 13.1 Å². The maximum absolute atomic E-state index is 12.1. The lowest BCUT2D eigenvalue weighted by atomic mass is 10.1. The Bertz CT molecular complexity index is 339. The van der Waals surface area contributed by atoms with E-state index in [0.717, 1.165) is 0 Å². The number of hydrogen-bond acceptors (Lipinski definition) is 2. The molecule has 0 aromatic rings. The molecule has 0 radical (unpaired) electrons. The summed E-state index contributed by atoms with van der Waals surface area (Å²) < 4.78 is 36.3. The molecule has 1 fully saturated rings. The average molecular weight is 259 g/mol. The number of aliphatic carboxylic acids is 1. The molecule has 3 atom stereocenters. The Morgan fingerprint density at radius 2 is 2.06 bits per heavy atom. The van der Waals surface area contributed by atoms with Gasteiger partial charge < -0.3 is 10.2 Å². The quantitative estimate of drug-likeness (QED) is 0.814. The highest BCUT2D eigenvalue weighted by molar-refractivity contribution is 6.30. The van der Waals surface area contributed by atoms with Gasteiger partial charge in [-0.1, -0.05) is 24.6 Å². The maximum atomic E-state index is 12.1. The monoisotopic (exact) mass is 258 g/mol. The van der Waals surface area contributed by atoms with Gasteiger partial charge in [-0.25, -0.2) is 0 Å². The van der Waals surface area contributed by atoms with E-state index in [0.29, 0.717) is 6.08 Å². The van der Waals surface area contributed by atoms with Gasteiger partial charge in [-0.3, -0.25) is 4.79 Å². The van der Waals surface area contributed by atoms with E-state index in [4.69, 9.17) is 21.8 Å². The Morgan fingerprint density at radius 3 is 2.31 bits per heavy atom. The Labute approximate surface area is 94.5 Å². The normalized spacial score (nSPS) is 35.0. The minimum absolute atomic E-state index is 0.493. The van der Waals surface area contributed by atoms with Crippen molar-refractivity contribution in [2.24, 2.45) is 17.3 Å². The number of rotatable bonds is 3. The molecule has 0 aliphatic heterocycles. The summed E-state index contributed by atoms with van der Waals surface area (Å²) in [5.74, 6) is -3.14. The van der Waals surface area contributed by atoms with Gasteiger partial charge in [0.2, 0.25) is 0 Å². The molecule has 0 bridgehead atoms. The van der Waals surface area contributed by atoms with Gasteiger partial charge in [0, 0.05) is 17.9 Å². The Morgan fingerprint density at radius 1 is 1.56 bits per heavy atom. The number of hydrogen-bond donors (Lipinski definition) is 2. The molecule has 2 N–H and O–H groups in total. The molecule has 1 saturated carbocycles. The lowest BCUT2D eigenvalue weighted by Gasteiger charge is -2.05. The first-order valence-electron chi connectivity index (χ1n) is 4.42. The van der Waals surface area contributed by atoms with E-state index in [9.17, 15) is 18.0 Å². The summed E-state index contributed by atoms with van der Waals surface area (Å²) >= 11 is 5.01. The summed E-state index contributed by atoms with van der Waals surface area (Å²) in [4.78, 5) is 10.7. The van der Waals surface area contributed by atoms with Gasteiger partial charge in [-0.05, 0) is 0 Å². The molecule has 0 amide bonds. The summed E-state index contributed by atoms with van der Waals surface area (Å²) in [7, 11) is 0. The minimum Gasteiger partial charge on any atom is -0.481 e. The first-order valence-corrected chi connectivity index (χ1v) is 4.80. The zero-order chi connectivity index (χ0) is 12.7. The SMILES string of the molecule is CC1(CO)C(/C=C(\Cl)C(F)(F)F)C1C(=O)O. The highest BCUT2D eigenvalue weighted by Gasteiger charge is 2.64. The van der Waals surface area contributed by atoms with Crippen LogP contribution in [0.1, 0.15) is 6.92 Å². The van der Waals surface area contributed by atoms with Crippen molar-refractivity contribution in [3.8, 4) is 0 Å². The van der Waals surface area contributed by atoms with E-state index in [2.05, 4.69) is 0 Å². The first-order chi connectivity index (χ1) is 7.14. The summed E-state index contributed by atoms with van der Waals surface area (Å²) in [6.07, 6.45) is -4.01. The number of aliphatic hydroxyl groups excluding tert-OH is 1. The Balaban J connectivity index is 2.89. The smallest absolute Gasteiger partial charge is 0.426 e. The van der Waals surface area contributed by atoms with Gasteiger partial charge in [-0.15, -0.1) is 0 Å². The second-order valence-electron chi connectivity index (χ2n) is 4.02. The van der Waals surface area contributed by atoms with Crippen LogP contribution in [0.2, 0.25) is 0 Å². The number of allylic oxidation sites excluding steroid dienone is 2. The molecular weight excluding hydrogens is 249 g/mol. The summed E-state index contributed by atoms with van der Waals surface area (Å²) in [5.41, 5.74) is -1.06. The molecule has 92 valence electrons. The number of alkyl halides is 3. The van der Waals surface area contributed by atoms with E-state index in [1.807, 2.05) is 0 Å². The molecule has 16 heavy (non-hydrogen) atoms. The second kappa shape index (κ2) is 3.92. The number of halogens is 4. The number of carbonyl (C=O) groups is 1. The van der Waals surface area contributed by atoms with Crippen LogP contribution in [-0.4, -0.2) is 29.0 Å². The molecular formula is C9H10ClF3O3. The molecule has 0 aromatic carbocycles. The molecule has 0 aromatic heterocycles. The van der Waals surface area contributed by atoms with Gasteiger partial charge in [0.15, 0.2) is 0 Å². The van der Waals surface area contributed by atoms with E-state index < -0.39 is 41.0 Å². The highest BCUT2D eigenvalue weighted by Crippen LogP contribution is 2.60. The van der Waals surface area contributed by atoms with Crippen LogP contribution < -0.4 is 0 Å².